The zero-order valence-corrected chi connectivity index (χ0v) is 10.3. The average Bonchev–Trinajstić information content (AvgIpc) is 2.27. The van der Waals surface area contributed by atoms with Crippen molar-refractivity contribution in [1.29, 1.82) is 0 Å². The van der Waals surface area contributed by atoms with Crippen molar-refractivity contribution in [3.63, 3.8) is 0 Å². The van der Waals surface area contributed by atoms with Crippen molar-refractivity contribution in [2.24, 2.45) is 11.8 Å². The third kappa shape index (κ3) is 3.69. The van der Waals surface area contributed by atoms with Gasteiger partial charge in [-0.3, -0.25) is 4.79 Å². The maximum Gasteiger partial charge on any atom is 0.309 e. The standard InChI is InChI=1S/C14H20O2/c1-4-16-14(15)13(11(2)3)10-12-8-6-5-7-9-12/h5-9,11,13H,4,10H2,1-3H3/t13-/m1/s1. The maximum absolute atomic E-state index is 11.8. The molecule has 2 heteroatoms. The fourth-order valence-corrected chi connectivity index (χ4v) is 1.71. The van der Waals surface area contributed by atoms with Crippen LogP contribution in [0.1, 0.15) is 26.3 Å². The summed E-state index contributed by atoms with van der Waals surface area (Å²) in [6.07, 6.45) is 0.761. The van der Waals surface area contributed by atoms with Crippen LogP contribution < -0.4 is 0 Å². The van der Waals surface area contributed by atoms with Gasteiger partial charge in [0, 0.05) is 0 Å². The highest BCUT2D eigenvalue weighted by atomic mass is 16.5. The predicted molar refractivity (Wildman–Crippen MR) is 65.1 cm³/mol. The monoisotopic (exact) mass is 220 g/mol. The van der Waals surface area contributed by atoms with Crippen LogP contribution in [-0.4, -0.2) is 12.6 Å². The molecule has 0 bridgehead atoms. The average molecular weight is 220 g/mol. The molecule has 0 radical (unpaired) electrons. The summed E-state index contributed by atoms with van der Waals surface area (Å²) in [5.41, 5.74) is 1.19. The number of ether oxygens (including phenoxy) is 1. The van der Waals surface area contributed by atoms with Crippen LogP contribution in [0.25, 0.3) is 0 Å². The molecular weight excluding hydrogens is 200 g/mol. The molecule has 0 amide bonds. The van der Waals surface area contributed by atoms with Gasteiger partial charge < -0.3 is 4.74 Å². The molecule has 0 aliphatic heterocycles. The Hall–Kier alpha value is -1.31. The Morgan fingerprint density at radius 1 is 1.25 bits per heavy atom. The van der Waals surface area contributed by atoms with Crippen molar-refractivity contribution in [2.45, 2.75) is 27.2 Å². The largest absolute Gasteiger partial charge is 0.466 e. The van der Waals surface area contributed by atoms with Gasteiger partial charge in [0.05, 0.1) is 12.5 Å². The van der Waals surface area contributed by atoms with Crippen LogP contribution >= 0.6 is 0 Å². The Labute approximate surface area is 97.6 Å². The van der Waals surface area contributed by atoms with Gasteiger partial charge in [0.25, 0.3) is 0 Å². The Balaban J connectivity index is 2.69. The van der Waals surface area contributed by atoms with E-state index in [1.54, 1.807) is 0 Å². The molecule has 0 fully saturated rings. The molecule has 1 rings (SSSR count). The number of esters is 1. The molecule has 88 valence electrons. The fraction of sp³-hybridized carbons (Fsp3) is 0.500. The zero-order chi connectivity index (χ0) is 12.0. The second-order valence-electron chi connectivity index (χ2n) is 4.29. The summed E-state index contributed by atoms with van der Waals surface area (Å²) >= 11 is 0. The first-order valence-corrected chi connectivity index (χ1v) is 5.85. The minimum Gasteiger partial charge on any atom is -0.466 e. The van der Waals surface area contributed by atoms with E-state index >= 15 is 0 Å². The SMILES string of the molecule is CCOC(=O)[C@H](Cc1ccccc1)C(C)C. The first-order chi connectivity index (χ1) is 7.65. The first-order valence-electron chi connectivity index (χ1n) is 5.85. The van der Waals surface area contributed by atoms with Gasteiger partial charge in [-0.05, 0) is 24.8 Å². The van der Waals surface area contributed by atoms with Gasteiger partial charge in [0.1, 0.15) is 0 Å². The number of carbonyl (C=O) groups is 1. The highest BCUT2D eigenvalue weighted by Gasteiger charge is 2.23. The van der Waals surface area contributed by atoms with Crippen LogP contribution in [0.3, 0.4) is 0 Å². The van der Waals surface area contributed by atoms with E-state index in [1.807, 2.05) is 25.1 Å². The Bertz CT molecular complexity index is 317. The van der Waals surface area contributed by atoms with Crippen molar-refractivity contribution >= 4 is 5.97 Å². The lowest BCUT2D eigenvalue weighted by Gasteiger charge is -2.18. The molecule has 0 heterocycles. The van der Waals surface area contributed by atoms with Crippen LogP contribution in [0.5, 0.6) is 0 Å². The molecule has 2 nitrogen and oxygen atoms in total. The van der Waals surface area contributed by atoms with Crippen molar-refractivity contribution in [3.05, 3.63) is 35.9 Å². The molecule has 0 aliphatic rings. The zero-order valence-electron chi connectivity index (χ0n) is 10.3. The first kappa shape index (κ1) is 12.8. The highest BCUT2D eigenvalue weighted by molar-refractivity contribution is 5.73. The van der Waals surface area contributed by atoms with E-state index < -0.39 is 0 Å². The summed E-state index contributed by atoms with van der Waals surface area (Å²) in [6, 6.07) is 10.1. The van der Waals surface area contributed by atoms with Crippen LogP contribution in [-0.2, 0) is 16.0 Å². The van der Waals surface area contributed by atoms with Crippen LogP contribution in [0, 0.1) is 11.8 Å². The lowest BCUT2D eigenvalue weighted by Crippen LogP contribution is -2.25. The molecule has 16 heavy (non-hydrogen) atoms. The summed E-state index contributed by atoms with van der Waals surface area (Å²) in [4.78, 5) is 11.8. The van der Waals surface area contributed by atoms with Crippen LogP contribution in [0.15, 0.2) is 30.3 Å². The van der Waals surface area contributed by atoms with Crippen LogP contribution in [0.2, 0.25) is 0 Å². The molecule has 1 aromatic rings. The summed E-state index contributed by atoms with van der Waals surface area (Å²) < 4.78 is 5.10. The molecule has 0 aromatic heterocycles. The smallest absolute Gasteiger partial charge is 0.309 e. The molecule has 0 saturated carbocycles. The van der Waals surface area contributed by atoms with Crippen molar-refractivity contribution in [3.8, 4) is 0 Å². The molecule has 0 N–H and O–H groups in total. The van der Waals surface area contributed by atoms with Crippen molar-refractivity contribution in [1.82, 2.24) is 0 Å². The Morgan fingerprint density at radius 3 is 2.38 bits per heavy atom. The van der Waals surface area contributed by atoms with E-state index in [2.05, 4.69) is 26.0 Å². The molecule has 0 unspecified atom stereocenters. The lowest BCUT2D eigenvalue weighted by atomic mass is 9.89. The number of carbonyl (C=O) groups excluding carboxylic acids is 1. The van der Waals surface area contributed by atoms with Crippen molar-refractivity contribution in [2.75, 3.05) is 6.61 Å². The summed E-state index contributed by atoms with van der Waals surface area (Å²) in [5, 5.41) is 0. The Kier molecular flexibility index (Phi) is 5.03. The molecule has 1 aromatic carbocycles. The van der Waals surface area contributed by atoms with E-state index in [-0.39, 0.29) is 11.9 Å². The maximum atomic E-state index is 11.8. The normalized spacial score (nSPS) is 12.5. The number of hydrogen-bond donors (Lipinski definition) is 0. The lowest BCUT2D eigenvalue weighted by molar-refractivity contribution is -0.149. The summed E-state index contributed by atoms with van der Waals surface area (Å²) in [5.74, 6) is 0.183. The van der Waals surface area contributed by atoms with Gasteiger partial charge in [-0.15, -0.1) is 0 Å². The quantitative estimate of drug-likeness (QED) is 0.713. The molecular formula is C14H20O2. The second-order valence-corrected chi connectivity index (χ2v) is 4.29. The summed E-state index contributed by atoms with van der Waals surface area (Å²) in [6.45, 7) is 6.42. The van der Waals surface area contributed by atoms with Gasteiger partial charge >= 0.3 is 5.97 Å². The minimum atomic E-state index is -0.0821. The predicted octanol–water partition coefficient (Wildman–Crippen LogP) is 3.06. The number of benzene rings is 1. The molecule has 0 aliphatic carbocycles. The van der Waals surface area contributed by atoms with Gasteiger partial charge in [0.15, 0.2) is 0 Å². The van der Waals surface area contributed by atoms with E-state index in [0.29, 0.717) is 12.5 Å². The molecule has 0 spiro atoms. The number of hydrogen-bond acceptors (Lipinski definition) is 2. The van der Waals surface area contributed by atoms with Gasteiger partial charge in [-0.2, -0.15) is 0 Å². The van der Waals surface area contributed by atoms with Gasteiger partial charge in [0.2, 0.25) is 0 Å². The van der Waals surface area contributed by atoms with E-state index in [1.165, 1.54) is 5.56 Å². The summed E-state index contributed by atoms with van der Waals surface area (Å²) in [7, 11) is 0. The van der Waals surface area contributed by atoms with E-state index in [0.717, 1.165) is 6.42 Å². The fourth-order valence-electron chi connectivity index (χ4n) is 1.71. The van der Waals surface area contributed by atoms with E-state index in [9.17, 15) is 4.79 Å². The van der Waals surface area contributed by atoms with E-state index in [4.69, 9.17) is 4.74 Å². The second kappa shape index (κ2) is 6.31. The molecule has 0 saturated heterocycles. The van der Waals surface area contributed by atoms with Crippen LogP contribution in [0.4, 0.5) is 0 Å². The van der Waals surface area contributed by atoms with Gasteiger partial charge in [-0.25, -0.2) is 0 Å². The van der Waals surface area contributed by atoms with Gasteiger partial charge in [-0.1, -0.05) is 44.2 Å². The minimum absolute atomic E-state index is 0.0395. The Morgan fingerprint density at radius 2 is 1.88 bits per heavy atom. The topological polar surface area (TPSA) is 26.3 Å². The highest BCUT2D eigenvalue weighted by Crippen LogP contribution is 2.18. The number of rotatable bonds is 5. The third-order valence-corrected chi connectivity index (χ3v) is 2.69. The van der Waals surface area contributed by atoms with Crippen molar-refractivity contribution < 1.29 is 9.53 Å². The third-order valence-electron chi connectivity index (χ3n) is 2.69. The molecule has 1 atom stereocenters.